The summed E-state index contributed by atoms with van der Waals surface area (Å²) >= 11 is 0. The summed E-state index contributed by atoms with van der Waals surface area (Å²) in [5.74, 6) is 2.23. The molecular formula is C22H27NO2. The molecule has 2 aliphatic carbocycles. The Morgan fingerprint density at radius 2 is 2.04 bits per heavy atom. The maximum atomic E-state index is 12.3. The summed E-state index contributed by atoms with van der Waals surface area (Å²) < 4.78 is 5.63. The zero-order chi connectivity index (χ0) is 17.4. The van der Waals surface area contributed by atoms with Gasteiger partial charge in [-0.15, -0.1) is 0 Å². The van der Waals surface area contributed by atoms with Crippen LogP contribution in [-0.2, 0) is 9.53 Å². The Bertz CT molecular complexity index is 695. The second-order valence-corrected chi connectivity index (χ2v) is 7.90. The lowest BCUT2D eigenvalue weighted by molar-refractivity contribution is -0.144. The number of hydrogen-bond acceptors (Lipinski definition) is 3. The Kier molecular flexibility index (Phi) is 4.49. The molecule has 1 aromatic heterocycles. The summed E-state index contributed by atoms with van der Waals surface area (Å²) in [5.41, 5.74) is 1.86. The zero-order valence-corrected chi connectivity index (χ0v) is 14.9. The quantitative estimate of drug-likeness (QED) is 0.748. The minimum Gasteiger partial charge on any atom is -0.462 e. The number of esters is 1. The van der Waals surface area contributed by atoms with E-state index >= 15 is 0 Å². The first kappa shape index (κ1) is 16.6. The normalized spacial score (nSPS) is 37.4. The van der Waals surface area contributed by atoms with Gasteiger partial charge in [0.25, 0.3) is 0 Å². The van der Waals surface area contributed by atoms with Crippen LogP contribution in [-0.4, -0.2) is 17.1 Å². The summed E-state index contributed by atoms with van der Waals surface area (Å²) in [6, 6.07) is 6.01. The Morgan fingerprint density at radius 3 is 2.88 bits per heavy atom. The van der Waals surface area contributed by atoms with Crippen molar-refractivity contribution in [1.82, 2.24) is 4.98 Å². The van der Waals surface area contributed by atoms with Crippen LogP contribution in [0.4, 0.5) is 0 Å². The van der Waals surface area contributed by atoms with E-state index in [2.05, 4.69) is 30.6 Å². The highest BCUT2D eigenvalue weighted by Crippen LogP contribution is 2.53. The van der Waals surface area contributed by atoms with Crippen LogP contribution < -0.4 is 0 Å². The van der Waals surface area contributed by atoms with Crippen molar-refractivity contribution >= 4 is 18.1 Å². The van der Waals surface area contributed by atoms with Crippen LogP contribution in [0.1, 0.15) is 50.4 Å². The highest BCUT2D eigenvalue weighted by atomic mass is 16.6. The number of aromatic nitrogens is 1. The summed E-state index contributed by atoms with van der Waals surface area (Å²) in [7, 11) is 0. The van der Waals surface area contributed by atoms with Crippen LogP contribution in [0.2, 0.25) is 0 Å². The van der Waals surface area contributed by atoms with Gasteiger partial charge in [-0.2, -0.15) is 0 Å². The molecule has 0 radical (unpaired) electrons. The van der Waals surface area contributed by atoms with Crippen molar-refractivity contribution in [2.24, 2.45) is 29.6 Å². The maximum Gasteiger partial charge on any atom is 0.309 e. The van der Waals surface area contributed by atoms with Crippen molar-refractivity contribution in [3.05, 3.63) is 42.2 Å². The van der Waals surface area contributed by atoms with Crippen molar-refractivity contribution in [2.45, 2.75) is 45.1 Å². The monoisotopic (exact) mass is 337 g/mol. The predicted molar refractivity (Wildman–Crippen MR) is 99.5 cm³/mol. The van der Waals surface area contributed by atoms with Crippen molar-refractivity contribution in [1.29, 1.82) is 0 Å². The zero-order valence-electron chi connectivity index (χ0n) is 14.9. The average Bonchev–Trinajstić information content (AvgIpc) is 2.93. The molecular weight excluding hydrogens is 310 g/mol. The van der Waals surface area contributed by atoms with Crippen LogP contribution in [0.25, 0.3) is 12.2 Å². The van der Waals surface area contributed by atoms with E-state index in [4.69, 9.17) is 4.74 Å². The number of fused-ring (bicyclic) bond motifs is 2. The highest BCUT2D eigenvalue weighted by molar-refractivity contribution is 5.75. The van der Waals surface area contributed by atoms with Crippen molar-refractivity contribution < 1.29 is 9.53 Å². The summed E-state index contributed by atoms with van der Waals surface area (Å²) in [6.45, 7) is 5.87. The summed E-state index contributed by atoms with van der Waals surface area (Å²) in [4.78, 5) is 16.9. The van der Waals surface area contributed by atoms with E-state index in [-0.39, 0.29) is 18.0 Å². The molecule has 4 rings (SSSR count). The lowest BCUT2D eigenvalue weighted by Crippen LogP contribution is -2.42. The lowest BCUT2D eigenvalue weighted by Gasteiger charge is -2.45. The number of nitrogens with zero attached hydrogens (tertiary/aromatic N) is 1. The molecule has 25 heavy (non-hydrogen) atoms. The van der Waals surface area contributed by atoms with Crippen LogP contribution in [0, 0.1) is 29.6 Å². The highest BCUT2D eigenvalue weighted by Gasteiger charge is 2.53. The van der Waals surface area contributed by atoms with Gasteiger partial charge in [0.2, 0.25) is 0 Å². The van der Waals surface area contributed by atoms with Gasteiger partial charge in [-0.05, 0) is 61.8 Å². The Balaban J connectivity index is 1.64. The minimum atomic E-state index is 0.0301. The third-order valence-corrected chi connectivity index (χ3v) is 6.57. The first-order chi connectivity index (χ1) is 12.2. The first-order valence-corrected chi connectivity index (χ1v) is 9.65. The number of rotatable bonds is 3. The molecule has 6 atom stereocenters. The summed E-state index contributed by atoms with van der Waals surface area (Å²) in [6.07, 6.45) is 12.5. The Hall–Kier alpha value is -1.90. The molecule has 0 spiro atoms. The van der Waals surface area contributed by atoms with E-state index in [1.807, 2.05) is 18.2 Å². The van der Waals surface area contributed by atoms with E-state index in [0.717, 1.165) is 17.8 Å². The van der Waals surface area contributed by atoms with Gasteiger partial charge in [0.15, 0.2) is 0 Å². The van der Waals surface area contributed by atoms with Crippen LogP contribution in [0.15, 0.2) is 30.9 Å². The van der Waals surface area contributed by atoms with Crippen molar-refractivity contribution in [3.8, 4) is 0 Å². The predicted octanol–water partition coefficient (Wildman–Crippen LogP) is 4.74. The van der Waals surface area contributed by atoms with E-state index in [1.165, 1.54) is 25.7 Å². The molecule has 0 N–H and O–H groups in total. The number of pyridine rings is 1. The van der Waals surface area contributed by atoms with E-state index < -0.39 is 0 Å². The van der Waals surface area contributed by atoms with E-state index in [1.54, 1.807) is 6.08 Å². The van der Waals surface area contributed by atoms with Gasteiger partial charge in [0.05, 0.1) is 17.3 Å². The average molecular weight is 337 g/mol. The van der Waals surface area contributed by atoms with Gasteiger partial charge in [-0.3, -0.25) is 4.79 Å². The van der Waals surface area contributed by atoms with Crippen LogP contribution in [0.5, 0.6) is 0 Å². The molecule has 3 nitrogen and oxygen atoms in total. The van der Waals surface area contributed by atoms with Crippen LogP contribution in [0.3, 0.4) is 0 Å². The van der Waals surface area contributed by atoms with E-state index in [9.17, 15) is 4.79 Å². The fourth-order valence-electron chi connectivity index (χ4n) is 5.47. The largest absolute Gasteiger partial charge is 0.462 e. The van der Waals surface area contributed by atoms with Gasteiger partial charge in [0, 0.05) is 5.92 Å². The molecule has 0 bridgehead atoms. The number of ether oxygens (including phenoxy) is 1. The second-order valence-electron chi connectivity index (χ2n) is 7.90. The standard InChI is InChI=1S/C22H27NO2/c1-3-16-8-6-9-17(23-16)11-12-19-18-10-5-4-7-15(18)13-20-21(19)14(2)25-22(20)24/h3,6,8-9,11-12,14-15,18-21H,1,4-5,7,10,13H2,2H3/b12-11+/t14-,15?,18?,19?,20?,21?/m0/s1. The molecule has 3 heteroatoms. The molecule has 2 saturated carbocycles. The Morgan fingerprint density at radius 1 is 1.24 bits per heavy atom. The SMILES string of the molecule is C=Cc1cccc(/C=C/C2C3CCCCC3CC3C(=O)O[C@@H](C)C32)n1. The third kappa shape index (κ3) is 3.05. The number of cyclic esters (lactones) is 1. The Labute approximate surface area is 150 Å². The molecule has 2 heterocycles. The molecule has 1 aromatic rings. The number of hydrogen-bond donors (Lipinski definition) is 0. The summed E-state index contributed by atoms with van der Waals surface area (Å²) in [5, 5.41) is 0. The fourth-order valence-corrected chi connectivity index (χ4v) is 5.47. The number of allylic oxidation sites excluding steroid dienone is 1. The maximum absolute atomic E-state index is 12.3. The molecule has 0 aromatic carbocycles. The molecule has 1 aliphatic heterocycles. The van der Waals surface area contributed by atoms with Gasteiger partial charge < -0.3 is 4.74 Å². The second kappa shape index (κ2) is 6.78. The molecule has 5 unspecified atom stereocenters. The third-order valence-electron chi connectivity index (χ3n) is 6.57. The van der Waals surface area contributed by atoms with Crippen LogP contribution >= 0.6 is 0 Å². The number of carbonyl (C=O) groups excluding carboxylic acids is 1. The first-order valence-electron chi connectivity index (χ1n) is 9.65. The van der Waals surface area contributed by atoms with Gasteiger partial charge >= 0.3 is 5.97 Å². The van der Waals surface area contributed by atoms with Gasteiger partial charge in [0.1, 0.15) is 6.10 Å². The van der Waals surface area contributed by atoms with E-state index in [0.29, 0.717) is 23.7 Å². The van der Waals surface area contributed by atoms with Crippen molar-refractivity contribution in [2.75, 3.05) is 0 Å². The molecule has 3 fully saturated rings. The lowest BCUT2D eigenvalue weighted by atomic mass is 9.57. The topological polar surface area (TPSA) is 39.2 Å². The molecule has 3 aliphatic rings. The smallest absolute Gasteiger partial charge is 0.309 e. The minimum absolute atomic E-state index is 0.0301. The van der Waals surface area contributed by atoms with Gasteiger partial charge in [-0.1, -0.05) is 38.0 Å². The molecule has 1 saturated heterocycles. The van der Waals surface area contributed by atoms with Gasteiger partial charge in [-0.25, -0.2) is 4.98 Å². The molecule has 132 valence electrons. The number of carbonyl (C=O) groups is 1. The fraction of sp³-hybridized carbons (Fsp3) is 0.545. The molecule has 0 amide bonds. The van der Waals surface area contributed by atoms with Crippen molar-refractivity contribution in [3.63, 3.8) is 0 Å².